The molecule has 0 rings (SSSR count). The summed E-state index contributed by atoms with van der Waals surface area (Å²) in [5.74, 6) is -1.47. The second-order valence-corrected chi connectivity index (χ2v) is 8.66. The Morgan fingerprint density at radius 2 is 1.12 bits per heavy atom. The largest absolute Gasteiger partial charge is 0.371 e. The van der Waals surface area contributed by atoms with E-state index >= 15 is 0 Å². The molecule has 0 fully saturated rings. The molecule has 0 unspecified atom stereocenters. The fourth-order valence-corrected chi connectivity index (χ4v) is 3.60. The zero-order chi connectivity index (χ0) is 23.9. The molecule has 0 radical (unpaired) electrons. The van der Waals surface area contributed by atoms with Crippen LogP contribution in [0.4, 0.5) is 0 Å². The van der Waals surface area contributed by atoms with Gasteiger partial charge in [-0.15, -0.1) is 0 Å². The van der Waals surface area contributed by atoms with Crippen LogP contribution in [0, 0.1) is 0 Å². The maximum Gasteiger partial charge on any atom is 0.262 e. The SMILES string of the molecule is CCCCCCCCCCCCCCCC=CCC(O)(C(=O)NCCN)C(=O)NCCN. The molecule has 0 atom stereocenters. The van der Waals surface area contributed by atoms with Crippen molar-refractivity contribution in [3.8, 4) is 0 Å². The number of unbranched alkanes of at least 4 members (excludes halogenated alkanes) is 13. The van der Waals surface area contributed by atoms with Gasteiger partial charge in [0.2, 0.25) is 5.60 Å². The molecule has 0 saturated carbocycles. The minimum Gasteiger partial charge on any atom is -0.371 e. The Balaban J connectivity index is 3.95. The standard InChI is InChI=1S/C25H50N4O3/c1-2-3-4-5-6-7-8-9-10-11-12-13-14-15-16-17-18-25(32,23(30)28-21-19-26)24(31)29-22-20-27/h16-17,32H,2-15,18-22,26-27H2,1H3,(H,28,30)(H,29,31). The van der Waals surface area contributed by atoms with Crippen LogP contribution >= 0.6 is 0 Å². The summed E-state index contributed by atoms with van der Waals surface area (Å²) in [5, 5.41) is 15.6. The van der Waals surface area contributed by atoms with E-state index in [1.165, 1.54) is 77.0 Å². The predicted octanol–water partition coefficient (Wildman–Crippen LogP) is 3.29. The maximum absolute atomic E-state index is 12.3. The van der Waals surface area contributed by atoms with Gasteiger partial charge < -0.3 is 27.2 Å². The first-order valence-electron chi connectivity index (χ1n) is 12.9. The molecule has 32 heavy (non-hydrogen) atoms. The summed E-state index contributed by atoms with van der Waals surface area (Å²) in [5.41, 5.74) is 8.64. The highest BCUT2D eigenvalue weighted by Crippen LogP contribution is 2.15. The molecule has 0 aliphatic heterocycles. The first kappa shape index (κ1) is 30.6. The highest BCUT2D eigenvalue weighted by atomic mass is 16.3. The molecular weight excluding hydrogens is 404 g/mol. The quantitative estimate of drug-likeness (QED) is 0.0973. The van der Waals surface area contributed by atoms with E-state index in [4.69, 9.17) is 11.5 Å². The number of carbonyl (C=O) groups excluding carboxylic acids is 2. The third kappa shape index (κ3) is 15.4. The summed E-state index contributed by atoms with van der Waals surface area (Å²) in [6.07, 6.45) is 21.6. The van der Waals surface area contributed by atoms with Crippen molar-refractivity contribution in [2.24, 2.45) is 11.5 Å². The Labute approximate surface area is 196 Å². The molecule has 7 N–H and O–H groups in total. The molecule has 0 aromatic heterocycles. The molecule has 0 spiro atoms. The van der Waals surface area contributed by atoms with Gasteiger partial charge in [0, 0.05) is 32.6 Å². The Hall–Kier alpha value is -1.44. The molecule has 0 aromatic rings. The second-order valence-electron chi connectivity index (χ2n) is 8.66. The summed E-state index contributed by atoms with van der Waals surface area (Å²) in [7, 11) is 0. The number of nitrogens with two attached hydrogens (primary N) is 2. The molecule has 188 valence electrons. The van der Waals surface area contributed by atoms with E-state index in [-0.39, 0.29) is 32.6 Å². The van der Waals surface area contributed by atoms with Gasteiger partial charge in [-0.05, 0) is 12.8 Å². The fraction of sp³-hybridized carbons (Fsp3) is 0.840. The van der Waals surface area contributed by atoms with Crippen LogP contribution < -0.4 is 22.1 Å². The van der Waals surface area contributed by atoms with E-state index in [1.54, 1.807) is 6.08 Å². The van der Waals surface area contributed by atoms with Gasteiger partial charge in [-0.1, -0.05) is 96.1 Å². The smallest absolute Gasteiger partial charge is 0.262 e. The van der Waals surface area contributed by atoms with Crippen molar-refractivity contribution in [2.75, 3.05) is 26.2 Å². The average Bonchev–Trinajstić information content (AvgIpc) is 2.80. The fourth-order valence-electron chi connectivity index (χ4n) is 3.60. The van der Waals surface area contributed by atoms with Crippen LogP contribution in [0.25, 0.3) is 0 Å². The van der Waals surface area contributed by atoms with Gasteiger partial charge >= 0.3 is 0 Å². The molecule has 0 bridgehead atoms. The van der Waals surface area contributed by atoms with Gasteiger partial charge in [0.15, 0.2) is 0 Å². The lowest BCUT2D eigenvalue weighted by Crippen LogP contribution is -2.58. The summed E-state index contributed by atoms with van der Waals surface area (Å²) in [6.45, 7) is 3.14. The number of hydrogen-bond acceptors (Lipinski definition) is 5. The van der Waals surface area contributed by atoms with Crippen LogP contribution in [-0.4, -0.2) is 48.7 Å². The van der Waals surface area contributed by atoms with E-state index in [1.807, 2.05) is 6.08 Å². The van der Waals surface area contributed by atoms with Gasteiger partial charge in [0.1, 0.15) is 0 Å². The van der Waals surface area contributed by atoms with Crippen molar-refractivity contribution in [3.05, 3.63) is 12.2 Å². The van der Waals surface area contributed by atoms with Crippen LogP contribution in [0.15, 0.2) is 12.2 Å². The Kier molecular flexibility index (Phi) is 20.4. The minimum atomic E-state index is -2.14. The van der Waals surface area contributed by atoms with Crippen molar-refractivity contribution in [3.63, 3.8) is 0 Å². The van der Waals surface area contributed by atoms with Crippen molar-refractivity contribution in [1.82, 2.24) is 10.6 Å². The maximum atomic E-state index is 12.3. The monoisotopic (exact) mass is 454 g/mol. The molecule has 0 aliphatic rings. The number of allylic oxidation sites excluding steroid dienone is 1. The zero-order valence-corrected chi connectivity index (χ0v) is 20.5. The van der Waals surface area contributed by atoms with E-state index in [2.05, 4.69) is 17.6 Å². The number of nitrogens with one attached hydrogen (secondary N) is 2. The third-order valence-electron chi connectivity index (χ3n) is 5.67. The van der Waals surface area contributed by atoms with Crippen LogP contribution in [0.3, 0.4) is 0 Å². The first-order chi connectivity index (χ1) is 15.5. The molecule has 0 heterocycles. The van der Waals surface area contributed by atoms with Crippen LogP contribution in [-0.2, 0) is 9.59 Å². The number of rotatable bonds is 22. The van der Waals surface area contributed by atoms with Crippen molar-refractivity contribution in [2.45, 2.75) is 109 Å². The Morgan fingerprint density at radius 3 is 1.53 bits per heavy atom. The van der Waals surface area contributed by atoms with Crippen LogP contribution in [0.2, 0.25) is 0 Å². The third-order valence-corrected chi connectivity index (χ3v) is 5.67. The highest BCUT2D eigenvalue weighted by molar-refractivity contribution is 6.08. The van der Waals surface area contributed by atoms with E-state index in [0.29, 0.717) is 0 Å². The van der Waals surface area contributed by atoms with Crippen molar-refractivity contribution < 1.29 is 14.7 Å². The van der Waals surface area contributed by atoms with Gasteiger partial charge in [-0.3, -0.25) is 9.59 Å². The van der Waals surface area contributed by atoms with Crippen molar-refractivity contribution in [1.29, 1.82) is 0 Å². The topological polar surface area (TPSA) is 130 Å². The summed E-state index contributed by atoms with van der Waals surface area (Å²) >= 11 is 0. The molecular formula is C25H50N4O3. The average molecular weight is 455 g/mol. The number of hydrogen-bond donors (Lipinski definition) is 5. The molecule has 7 heteroatoms. The minimum absolute atomic E-state index is 0.0712. The Bertz CT molecular complexity index is 478. The molecule has 2 amide bonds. The van der Waals surface area contributed by atoms with Gasteiger partial charge in [-0.2, -0.15) is 0 Å². The summed E-state index contributed by atoms with van der Waals surface area (Å²) in [6, 6.07) is 0. The van der Waals surface area contributed by atoms with Crippen LogP contribution in [0.1, 0.15) is 103 Å². The lowest BCUT2D eigenvalue weighted by Gasteiger charge is -2.24. The van der Waals surface area contributed by atoms with Crippen molar-refractivity contribution >= 4 is 11.8 Å². The molecule has 0 aromatic carbocycles. The zero-order valence-electron chi connectivity index (χ0n) is 20.5. The summed E-state index contributed by atoms with van der Waals surface area (Å²) < 4.78 is 0. The number of carbonyl (C=O) groups is 2. The van der Waals surface area contributed by atoms with Crippen LogP contribution in [0.5, 0.6) is 0 Å². The lowest BCUT2D eigenvalue weighted by atomic mass is 9.96. The molecule has 0 aliphatic carbocycles. The molecule has 0 saturated heterocycles. The Morgan fingerprint density at radius 1 is 0.719 bits per heavy atom. The van der Waals surface area contributed by atoms with Gasteiger partial charge in [0.05, 0.1) is 0 Å². The van der Waals surface area contributed by atoms with E-state index in [0.717, 1.165) is 12.8 Å². The van der Waals surface area contributed by atoms with Gasteiger partial charge in [-0.25, -0.2) is 0 Å². The summed E-state index contributed by atoms with van der Waals surface area (Å²) in [4.78, 5) is 24.6. The van der Waals surface area contributed by atoms with E-state index in [9.17, 15) is 14.7 Å². The van der Waals surface area contributed by atoms with E-state index < -0.39 is 17.4 Å². The first-order valence-corrected chi connectivity index (χ1v) is 12.9. The number of amides is 2. The molecule has 7 nitrogen and oxygen atoms in total. The second kappa shape index (κ2) is 21.4. The van der Waals surface area contributed by atoms with Gasteiger partial charge in [0.25, 0.3) is 11.8 Å². The lowest BCUT2D eigenvalue weighted by molar-refractivity contribution is -0.153. The number of aliphatic hydroxyl groups is 1. The highest BCUT2D eigenvalue weighted by Gasteiger charge is 2.42. The predicted molar refractivity (Wildman–Crippen MR) is 133 cm³/mol. The normalized spacial score (nSPS) is 11.8.